The first-order chi connectivity index (χ1) is 9.10. The van der Waals surface area contributed by atoms with E-state index in [-0.39, 0.29) is 5.56 Å². The lowest BCUT2D eigenvalue weighted by Crippen LogP contribution is -2.25. The maximum Gasteiger partial charge on any atom is 0.340 e. The number of carbonyl (C=O) groups is 1. The van der Waals surface area contributed by atoms with Crippen molar-refractivity contribution < 1.29 is 14.3 Å². The molecule has 1 rings (SSSR count). The van der Waals surface area contributed by atoms with E-state index < -0.39 is 11.8 Å². The third kappa shape index (κ3) is 4.52. The monoisotopic (exact) mass is 268 g/mol. The third-order valence-corrected chi connectivity index (χ3v) is 3.09. The summed E-state index contributed by atoms with van der Waals surface area (Å²) in [7, 11) is 0. The number of nitrogens with zero attached hydrogens (tertiary/aromatic N) is 1. The van der Waals surface area contributed by atoms with Gasteiger partial charge in [0, 0.05) is 6.54 Å². The fourth-order valence-electron chi connectivity index (χ4n) is 1.95. The van der Waals surface area contributed by atoms with E-state index in [2.05, 4.69) is 24.1 Å². The molecule has 0 spiro atoms. The Morgan fingerprint density at radius 2 is 2.05 bits per heavy atom. The number of benzene rings is 1. The highest BCUT2D eigenvalue weighted by molar-refractivity contribution is 5.94. The largest absolute Gasteiger partial charge is 0.478 e. The fourth-order valence-corrected chi connectivity index (χ4v) is 1.95. The summed E-state index contributed by atoms with van der Waals surface area (Å²) in [4.78, 5) is 13.3. The van der Waals surface area contributed by atoms with Gasteiger partial charge in [0.15, 0.2) is 0 Å². The summed E-state index contributed by atoms with van der Waals surface area (Å²) in [5.74, 6) is -1.95. The maximum absolute atomic E-state index is 13.4. The number of aromatic carboxylic acids is 1. The van der Waals surface area contributed by atoms with E-state index in [0.29, 0.717) is 12.2 Å². The van der Waals surface area contributed by atoms with Crippen LogP contribution in [-0.4, -0.2) is 42.2 Å². The van der Waals surface area contributed by atoms with E-state index >= 15 is 0 Å². The molecule has 0 amide bonds. The van der Waals surface area contributed by atoms with Gasteiger partial charge in [-0.1, -0.05) is 19.9 Å². The second-order valence-electron chi connectivity index (χ2n) is 4.27. The molecule has 0 saturated carbocycles. The minimum Gasteiger partial charge on any atom is -0.478 e. The maximum atomic E-state index is 13.4. The normalized spacial score (nSPS) is 10.7. The molecule has 0 aromatic heterocycles. The summed E-state index contributed by atoms with van der Waals surface area (Å²) < 4.78 is 13.4. The van der Waals surface area contributed by atoms with Gasteiger partial charge in [-0.25, -0.2) is 9.18 Å². The Morgan fingerprint density at radius 1 is 1.37 bits per heavy atom. The van der Waals surface area contributed by atoms with Crippen LogP contribution in [0.2, 0.25) is 0 Å². The molecular formula is C14H21FN2O2. The molecule has 0 aliphatic heterocycles. The van der Waals surface area contributed by atoms with Crippen molar-refractivity contribution >= 4 is 11.7 Å². The highest BCUT2D eigenvalue weighted by Gasteiger charge is 2.14. The number of carboxylic acids is 1. The van der Waals surface area contributed by atoms with Gasteiger partial charge >= 0.3 is 5.97 Å². The van der Waals surface area contributed by atoms with Gasteiger partial charge in [-0.2, -0.15) is 0 Å². The summed E-state index contributed by atoms with van der Waals surface area (Å²) in [6.07, 6.45) is 0.886. The van der Waals surface area contributed by atoms with Crippen LogP contribution in [0.3, 0.4) is 0 Å². The Labute approximate surface area is 113 Å². The number of hydrogen-bond acceptors (Lipinski definition) is 3. The van der Waals surface area contributed by atoms with E-state index in [1.165, 1.54) is 6.07 Å². The van der Waals surface area contributed by atoms with E-state index in [1.807, 2.05) is 0 Å². The average molecular weight is 268 g/mol. The first-order valence-corrected chi connectivity index (χ1v) is 6.58. The summed E-state index contributed by atoms with van der Waals surface area (Å²) >= 11 is 0. The first kappa shape index (κ1) is 15.4. The van der Waals surface area contributed by atoms with Gasteiger partial charge in [0.05, 0.1) is 5.69 Å². The van der Waals surface area contributed by atoms with Gasteiger partial charge in [0.1, 0.15) is 11.4 Å². The van der Waals surface area contributed by atoms with Gasteiger partial charge in [-0.3, -0.25) is 0 Å². The Morgan fingerprint density at radius 3 is 2.63 bits per heavy atom. The number of halogens is 1. The molecule has 0 saturated heterocycles. The van der Waals surface area contributed by atoms with Crippen LogP contribution in [0.15, 0.2) is 18.2 Å². The molecule has 19 heavy (non-hydrogen) atoms. The Hall–Kier alpha value is -1.62. The zero-order valence-electron chi connectivity index (χ0n) is 11.4. The number of nitrogens with one attached hydrogen (secondary N) is 1. The third-order valence-electron chi connectivity index (χ3n) is 3.09. The van der Waals surface area contributed by atoms with Gasteiger partial charge < -0.3 is 15.3 Å². The SMILES string of the molecule is CCN(CC)CCCNc1cccc(F)c1C(=O)O. The van der Waals surface area contributed by atoms with Gasteiger partial charge in [-0.15, -0.1) is 0 Å². The molecule has 0 heterocycles. The zero-order chi connectivity index (χ0) is 14.3. The van der Waals surface area contributed by atoms with Crippen LogP contribution in [0.25, 0.3) is 0 Å². The highest BCUT2D eigenvalue weighted by Crippen LogP contribution is 2.18. The lowest BCUT2D eigenvalue weighted by atomic mass is 10.1. The summed E-state index contributed by atoms with van der Waals surface area (Å²) in [5.41, 5.74) is 0.0531. The summed E-state index contributed by atoms with van der Waals surface area (Å²) in [6.45, 7) is 7.77. The lowest BCUT2D eigenvalue weighted by molar-refractivity contribution is 0.0693. The molecule has 1 aromatic carbocycles. The smallest absolute Gasteiger partial charge is 0.340 e. The Kier molecular flexibility index (Phi) is 6.29. The second-order valence-corrected chi connectivity index (χ2v) is 4.27. The molecule has 0 atom stereocenters. The van der Waals surface area contributed by atoms with Crippen LogP contribution in [0, 0.1) is 5.82 Å². The standard InChI is InChI=1S/C14H21FN2O2/c1-3-17(4-2)10-6-9-16-12-8-5-7-11(15)13(12)14(18)19/h5,7-8,16H,3-4,6,9-10H2,1-2H3,(H,18,19). The van der Waals surface area contributed by atoms with Crippen molar-refractivity contribution in [3.05, 3.63) is 29.6 Å². The van der Waals surface area contributed by atoms with E-state index in [0.717, 1.165) is 32.1 Å². The molecule has 0 fully saturated rings. The average Bonchev–Trinajstić information content (AvgIpc) is 2.38. The van der Waals surface area contributed by atoms with Crippen molar-refractivity contribution in [3.63, 3.8) is 0 Å². The van der Waals surface area contributed by atoms with Gasteiger partial charge in [-0.05, 0) is 38.2 Å². The molecule has 0 aliphatic rings. The van der Waals surface area contributed by atoms with Crippen molar-refractivity contribution in [1.29, 1.82) is 0 Å². The van der Waals surface area contributed by atoms with Crippen molar-refractivity contribution in [1.82, 2.24) is 4.90 Å². The highest BCUT2D eigenvalue weighted by atomic mass is 19.1. The number of anilines is 1. The van der Waals surface area contributed by atoms with Gasteiger partial charge in [0.25, 0.3) is 0 Å². The predicted molar refractivity (Wildman–Crippen MR) is 74.3 cm³/mol. The molecule has 0 unspecified atom stereocenters. The second kappa shape index (κ2) is 7.74. The molecular weight excluding hydrogens is 247 g/mol. The van der Waals surface area contributed by atoms with E-state index in [4.69, 9.17) is 5.11 Å². The minimum absolute atomic E-state index is 0.287. The minimum atomic E-state index is -1.25. The van der Waals surface area contributed by atoms with Gasteiger partial charge in [0.2, 0.25) is 0 Å². The van der Waals surface area contributed by atoms with Crippen molar-refractivity contribution in [2.45, 2.75) is 20.3 Å². The van der Waals surface area contributed by atoms with Crippen LogP contribution < -0.4 is 5.32 Å². The molecule has 106 valence electrons. The predicted octanol–water partition coefficient (Wildman–Crippen LogP) is 2.67. The molecule has 0 bridgehead atoms. The summed E-state index contributed by atoms with van der Waals surface area (Å²) in [5, 5.41) is 12.0. The van der Waals surface area contributed by atoms with E-state index in [9.17, 15) is 9.18 Å². The molecule has 0 radical (unpaired) electrons. The molecule has 4 nitrogen and oxygen atoms in total. The fraction of sp³-hybridized carbons (Fsp3) is 0.500. The van der Waals surface area contributed by atoms with Crippen LogP contribution >= 0.6 is 0 Å². The molecule has 1 aromatic rings. The zero-order valence-corrected chi connectivity index (χ0v) is 11.4. The van der Waals surface area contributed by atoms with Crippen molar-refractivity contribution in [2.24, 2.45) is 0 Å². The van der Waals surface area contributed by atoms with Crippen molar-refractivity contribution in [3.8, 4) is 0 Å². The summed E-state index contributed by atoms with van der Waals surface area (Å²) in [6, 6.07) is 4.25. The van der Waals surface area contributed by atoms with E-state index in [1.54, 1.807) is 6.07 Å². The van der Waals surface area contributed by atoms with Crippen LogP contribution in [0.1, 0.15) is 30.6 Å². The number of carboxylic acid groups (broad SMARTS) is 1. The quantitative estimate of drug-likeness (QED) is 0.712. The molecule has 5 heteroatoms. The Balaban J connectivity index is 2.54. The molecule has 2 N–H and O–H groups in total. The van der Waals surface area contributed by atoms with Crippen LogP contribution in [0.5, 0.6) is 0 Å². The molecule has 0 aliphatic carbocycles. The topological polar surface area (TPSA) is 52.6 Å². The lowest BCUT2D eigenvalue weighted by Gasteiger charge is -2.18. The van der Waals surface area contributed by atoms with Crippen LogP contribution in [0.4, 0.5) is 10.1 Å². The first-order valence-electron chi connectivity index (χ1n) is 6.58. The number of hydrogen-bond donors (Lipinski definition) is 2. The Bertz CT molecular complexity index is 420. The van der Waals surface area contributed by atoms with Crippen molar-refractivity contribution in [2.75, 3.05) is 31.5 Å². The number of rotatable bonds is 8. The van der Waals surface area contributed by atoms with Crippen LogP contribution in [-0.2, 0) is 0 Å².